The Bertz CT molecular complexity index is 393. The highest BCUT2D eigenvalue weighted by atomic mass is 16.6. The molecule has 0 saturated heterocycles. The van der Waals surface area contributed by atoms with Crippen LogP contribution in [0.5, 0.6) is 0 Å². The van der Waals surface area contributed by atoms with Crippen LogP contribution in [0.3, 0.4) is 0 Å². The maximum Gasteiger partial charge on any atom is 0.290 e. The number of anilines is 1. The first kappa shape index (κ1) is 11.0. The average Bonchev–Trinajstić information content (AvgIpc) is 2.19. The van der Waals surface area contributed by atoms with Crippen LogP contribution in [0.4, 0.5) is 11.5 Å². The van der Waals surface area contributed by atoms with Gasteiger partial charge in [-0.15, -0.1) is 4.91 Å². The Hall–Kier alpha value is -2.05. The standard InChI is InChI=1S/C8H10N4O3/c1-3-11(10-13)8-4-6(2)7(5-9-8)12(14)15/h4-5H,3H2,1-2H3. The Kier molecular flexibility index (Phi) is 3.27. The van der Waals surface area contributed by atoms with E-state index in [0.717, 1.165) is 11.2 Å². The second-order valence-corrected chi connectivity index (χ2v) is 2.88. The molecule has 1 rings (SSSR count). The van der Waals surface area contributed by atoms with Gasteiger partial charge in [0.25, 0.3) is 5.69 Å². The first-order chi connectivity index (χ1) is 7.10. The van der Waals surface area contributed by atoms with Crippen LogP contribution in [0.25, 0.3) is 0 Å². The summed E-state index contributed by atoms with van der Waals surface area (Å²) in [6.45, 7) is 3.69. The van der Waals surface area contributed by atoms with Crippen molar-refractivity contribution < 1.29 is 4.92 Å². The second-order valence-electron chi connectivity index (χ2n) is 2.88. The molecule has 0 aliphatic rings. The Morgan fingerprint density at radius 3 is 2.73 bits per heavy atom. The van der Waals surface area contributed by atoms with Gasteiger partial charge in [0.2, 0.25) is 0 Å². The summed E-state index contributed by atoms with van der Waals surface area (Å²) in [6.07, 6.45) is 1.12. The molecule has 7 heteroatoms. The first-order valence-electron chi connectivity index (χ1n) is 4.32. The summed E-state index contributed by atoms with van der Waals surface area (Å²) in [5, 5.41) is 14.4. The minimum Gasteiger partial charge on any atom is -0.258 e. The molecule has 0 aromatic carbocycles. The highest BCUT2D eigenvalue weighted by Crippen LogP contribution is 2.21. The summed E-state index contributed by atoms with van der Waals surface area (Å²) >= 11 is 0. The third-order valence-electron chi connectivity index (χ3n) is 1.93. The van der Waals surface area contributed by atoms with E-state index in [0.29, 0.717) is 17.9 Å². The zero-order valence-electron chi connectivity index (χ0n) is 8.38. The number of nitroso groups, excluding NO2 is 1. The lowest BCUT2D eigenvalue weighted by atomic mass is 10.2. The van der Waals surface area contributed by atoms with Gasteiger partial charge in [-0.05, 0) is 19.9 Å². The Morgan fingerprint density at radius 1 is 1.67 bits per heavy atom. The first-order valence-corrected chi connectivity index (χ1v) is 4.32. The molecule has 0 fully saturated rings. The van der Waals surface area contributed by atoms with Crippen molar-refractivity contribution in [1.29, 1.82) is 0 Å². The monoisotopic (exact) mass is 210 g/mol. The average molecular weight is 210 g/mol. The maximum absolute atomic E-state index is 10.5. The topological polar surface area (TPSA) is 88.7 Å². The van der Waals surface area contributed by atoms with Crippen molar-refractivity contribution in [1.82, 2.24) is 4.98 Å². The predicted octanol–water partition coefficient (Wildman–Crippen LogP) is 1.81. The molecule has 0 aliphatic heterocycles. The van der Waals surface area contributed by atoms with Gasteiger partial charge in [0, 0.05) is 12.1 Å². The minimum absolute atomic E-state index is 0.0688. The van der Waals surface area contributed by atoms with E-state index in [2.05, 4.69) is 10.3 Å². The Labute approximate surface area is 85.8 Å². The molecule has 0 atom stereocenters. The van der Waals surface area contributed by atoms with Gasteiger partial charge < -0.3 is 0 Å². The normalized spacial score (nSPS) is 9.73. The second kappa shape index (κ2) is 4.45. The molecule has 1 aromatic rings. The highest BCUT2D eigenvalue weighted by Gasteiger charge is 2.14. The van der Waals surface area contributed by atoms with Crippen molar-refractivity contribution in [2.24, 2.45) is 5.29 Å². The van der Waals surface area contributed by atoms with E-state index in [1.54, 1.807) is 13.8 Å². The van der Waals surface area contributed by atoms with Gasteiger partial charge >= 0.3 is 0 Å². The van der Waals surface area contributed by atoms with Crippen LogP contribution in [-0.2, 0) is 0 Å². The van der Waals surface area contributed by atoms with Crippen molar-refractivity contribution in [3.05, 3.63) is 32.8 Å². The quantitative estimate of drug-likeness (QED) is 0.429. The molecule has 7 nitrogen and oxygen atoms in total. The number of rotatable bonds is 4. The van der Waals surface area contributed by atoms with Crippen molar-refractivity contribution >= 4 is 11.5 Å². The van der Waals surface area contributed by atoms with Gasteiger partial charge in [0.05, 0.1) is 10.2 Å². The van der Waals surface area contributed by atoms with Crippen molar-refractivity contribution in [3.8, 4) is 0 Å². The van der Waals surface area contributed by atoms with E-state index in [-0.39, 0.29) is 5.69 Å². The lowest BCUT2D eigenvalue weighted by molar-refractivity contribution is -0.385. The molecule has 1 heterocycles. The predicted molar refractivity (Wildman–Crippen MR) is 54.4 cm³/mol. The number of nitrogens with zero attached hydrogens (tertiary/aromatic N) is 4. The van der Waals surface area contributed by atoms with E-state index in [1.165, 1.54) is 6.07 Å². The van der Waals surface area contributed by atoms with E-state index in [9.17, 15) is 15.0 Å². The summed E-state index contributed by atoms with van der Waals surface area (Å²) in [4.78, 5) is 24.2. The third kappa shape index (κ3) is 2.25. The van der Waals surface area contributed by atoms with Crippen LogP contribution in [0.2, 0.25) is 0 Å². The molecule has 0 radical (unpaired) electrons. The Morgan fingerprint density at radius 2 is 2.33 bits per heavy atom. The number of nitro groups is 1. The van der Waals surface area contributed by atoms with E-state index in [1.807, 2.05) is 0 Å². The van der Waals surface area contributed by atoms with Gasteiger partial charge in [0.1, 0.15) is 6.20 Å². The fourth-order valence-electron chi connectivity index (χ4n) is 1.13. The van der Waals surface area contributed by atoms with Crippen molar-refractivity contribution in [3.63, 3.8) is 0 Å². The van der Waals surface area contributed by atoms with Crippen LogP contribution in [0.1, 0.15) is 12.5 Å². The zero-order valence-corrected chi connectivity index (χ0v) is 8.38. The summed E-state index contributed by atoms with van der Waals surface area (Å²) in [5.41, 5.74) is 0.382. The van der Waals surface area contributed by atoms with Gasteiger partial charge in [-0.2, -0.15) is 0 Å². The van der Waals surface area contributed by atoms with Crippen molar-refractivity contribution in [2.75, 3.05) is 11.6 Å². The number of hydrogen-bond acceptors (Lipinski definition) is 5. The largest absolute Gasteiger partial charge is 0.290 e. The molecular weight excluding hydrogens is 200 g/mol. The third-order valence-corrected chi connectivity index (χ3v) is 1.93. The van der Waals surface area contributed by atoms with E-state index in [4.69, 9.17) is 0 Å². The number of aromatic nitrogens is 1. The molecule has 0 aliphatic carbocycles. The molecule has 0 unspecified atom stereocenters. The number of pyridine rings is 1. The van der Waals surface area contributed by atoms with Crippen LogP contribution < -0.4 is 5.01 Å². The minimum atomic E-state index is -0.517. The molecule has 80 valence electrons. The summed E-state index contributed by atoms with van der Waals surface area (Å²) in [6, 6.07) is 1.46. The van der Waals surface area contributed by atoms with Gasteiger partial charge in [0.15, 0.2) is 5.82 Å². The molecule has 0 bridgehead atoms. The molecule has 15 heavy (non-hydrogen) atoms. The van der Waals surface area contributed by atoms with Crippen LogP contribution in [0, 0.1) is 21.9 Å². The SMILES string of the molecule is CCN(N=O)c1cc(C)c([N+](=O)[O-])cn1. The number of aryl methyl sites for hydroxylation is 1. The lowest BCUT2D eigenvalue weighted by Crippen LogP contribution is -2.15. The van der Waals surface area contributed by atoms with E-state index < -0.39 is 4.92 Å². The van der Waals surface area contributed by atoms with Crippen LogP contribution in [-0.4, -0.2) is 16.5 Å². The zero-order chi connectivity index (χ0) is 11.4. The fourth-order valence-corrected chi connectivity index (χ4v) is 1.13. The lowest BCUT2D eigenvalue weighted by Gasteiger charge is -2.11. The van der Waals surface area contributed by atoms with Gasteiger partial charge in [-0.1, -0.05) is 0 Å². The molecular formula is C8H10N4O3. The highest BCUT2D eigenvalue weighted by molar-refractivity contribution is 5.47. The summed E-state index contributed by atoms with van der Waals surface area (Å²) in [5.74, 6) is 0.315. The molecule has 1 aromatic heterocycles. The van der Waals surface area contributed by atoms with E-state index >= 15 is 0 Å². The van der Waals surface area contributed by atoms with Crippen LogP contribution in [0.15, 0.2) is 17.5 Å². The summed E-state index contributed by atoms with van der Waals surface area (Å²) in [7, 11) is 0. The number of hydrogen-bond donors (Lipinski definition) is 0. The smallest absolute Gasteiger partial charge is 0.258 e. The van der Waals surface area contributed by atoms with Gasteiger partial charge in [-0.3, -0.25) is 10.1 Å². The van der Waals surface area contributed by atoms with Gasteiger partial charge in [-0.25, -0.2) is 9.99 Å². The Balaban J connectivity index is 3.10. The molecule has 0 amide bonds. The summed E-state index contributed by atoms with van der Waals surface area (Å²) < 4.78 is 0. The fraction of sp³-hybridized carbons (Fsp3) is 0.375. The van der Waals surface area contributed by atoms with Crippen molar-refractivity contribution in [2.45, 2.75) is 13.8 Å². The molecule has 0 N–H and O–H groups in total. The maximum atomic E-state index is 10.5. The molecule has 0 saturated carbocycles. The molecule has 0 spiro atoms. The van der Waals surface area contributed by atoms with Crippen LogP contribution >= 0.6 is 0 Å².